The van der Waals surface area contributed by atoms with Crippen molar-refractivity contribution in [2.45, 2.75) is 6.10 Å². The minimum atomic E-state index is -0.945. The molecule has 6 heteroatoms. The highest BCUT2D eigenvalue weighted by atomic mass is 16.5. The van der Waals surface area contributed by atoms with Gasteiger partial charge in [0.25, 0.3) is 5.91 Å². The molecule has 0 saturated carbocycles. The largest absolute Gasteiger partial charge is 0.497 e. The van der Waals surface area contributed by atoms with Crippen molar-refractivity contribution in [2.75, 3.05) is 20.8 Å². The van der Waals surface area contributed by atoms with E-state index >= 15 is 0 Å². The lowest BCUT2D eigenvalue weighted by atomic mass is 10.1. The summed E-state index contributed by atoms with van der Waals surface area (Å²) >= 11 is 0. The molecule has 0 bridgehead atoms. The van der Waals surface area contributed by atoms with Gasteiger partial charge in [0.2, 0.25) is 0 Å². The number of amides is 1. The smallest absolute Gasteiger partial charge is 0.270 e. The molecule has 0 saturated heterocycles. The molecule has 2 N–H and O–H groups in total. The minimum absolute atomic E-state index is 0.0211. The van der Waals surface area contributed by atoms with Gasteiger partial charge in [-0.15, -0.1) is 0 Å². The minimum Gasteiger partial charge on any atom is -0.497 e. The monoisotopic (exact) mass is 352 g/mol. The lowest BCUT2D eigenvalue weighted by Gasteiger charge is -2.16. The van der Waals surface area contributed by atoms with Crippen LogP contribution in [0.25, 0.3) is 10.8 Å². The van der Waals surface area contributed by atoms with E-state index in [4.69, 9.17) is 9.47 Å². The van der Waals surface area contributed by atoms with Gasteiger partial charge in [-0.05, 0) is 29.7 Å². The summed E-state index contributed by atoms with van der Waals surface area (Å²) in [5, 5.41) is 14.9. The third-order valence-corrected chi connectivity index (χ3v) is 4.14. The fourth-order valence-electron chi connectivity index (χ4n) is 2.78. The average molecular weight is 352 g/mol. The van der Waals surface area contributed by atoms with Gasteiger partial charge in [-0.1, -0.05) is 24.3 Å². The second-order valence-electron chi connectivity index (χ2n) is 5.71. The van der Waals surface area contributed by atoms with E-state index in [1.165, 1.54) is 7.11 Å². The number of hydrogen-bond donors (Lipinski definition) is 2. The molecule has 0 radical (unpaired) electrons. The van der Waals surface area contributed by atoms with E-state index in [-0.39, 0.29) is 12.5 Å². The van der Waals surface area contributed by atoms with Gasteiger partial charge < -0.3 is 19.9 Å². The van der Waals surface area contributed by atoms with E-state index < -0.39 is 6.10 Å². The van der Waals surface area contributed by atoms with Gasteiger partial charge in [-0.3, -0.25) is 9.78 Å². The molecule has 0 aliphatic carbocycles. The number of fused-ring (bicyclic) bond motifs is 1. The third-order valence-electron chi connectivity index (χ3n) is 4.14. The molecule has 1 aromatic heterocycles. The molecular weight excluding hydrogens is 332 g/mol. The zero-order valence-corrected chi connectivity index (χ0v) is 14.6. The number of aromatic nitrogens is 1. The Bertz CT molecular complexity index is 921. The van der Waals surface area contributed by atoms with Crippen molar-refractivity contribution in [1.29, 1.82) is 0 Å². The highest BCUT2D eigenvalue weighted by molar-refractivity contribution is 6.05. The number of nitrogens with one attached hydrogen (secondary N) is 1. The van der Waals surface area contributed by atoms with Gasteiger partial charge in [0.1, 0.15) is 23.3 Å². The number of ether oxygens (including phenoxy) is 2. The summed E-state index contributed by atoms with van der Waals surface area (Å²) in [6, 6.07) is 14.5. The van der Waals surface area contributed by atoms with Gasteiger partial charge in [-0.2, -0.15) is 0 Å². The molecule has 0 aliphatic rings. The lowest BCUT2D eigenvalue weighted by Crippen LogP contribution is -2.29. The SMILES string of the molecule is COc1ccc(OC)c(C(O)CNC(=O)c2nccc3ccccc23)c1. The summed E-state index contributed by atoms with van der Waals surface area (Å²) in [6.07, 6.45) is 0.651. The molecule has 3 aromatic rings. The van der Waals surface area contributed by atoms with Crippen LogP contribution in [0.2, 0.25) is 0 Å². The molecule has 0 spiro atoms. The highest BCUT2D eigenvalue weighted by Crippen LogP contribution is 2.29. The standard InChI is InChI=1S/C20H20N2O4/c1-25-14-7-8-18(26-2)16(11-14)17(23)12-22-20(24)19-15-6-4-3-5-13(15)9-10-21-19/h3-11,17,23H,12H2,1-2H3,(H,22,24). The summed E-state index contributed by atoms with van der Waals surface area (Å²) < 4.78 is 10.5. The Balaban J connectivity index is 1.77. The molecule has 1 atom stereocenters. The summed E-state index contributed by atoms with van der Waals surface area (Å²) in [6.45, 7) is 0.0211. The maximum atomic E-state index is 12.5. The highest BCUT2D eigenvalue weighted by Gasteiger charge is 2.17. The molecule has 0 fully saturated rings. The van der Waals surface area contributed by atoms with E-state index in [1.807, 2.05) is 30.3 Å². The second kappa shape index (κ2) is 7.84. The van der Waals surface area contributed by atoms with Crippen LogP contribution in [0.1, 0.15) is 22.2 Å². The number of benzene rings is 2. The number of rotatable bonds is 6. The van der Waals surface area contributed by atoms with Crippen LogP contribution in [0, 0.1) is 0 Å². The van der Waals surface area contributed by atoms with E-state index in [0.717, 1.165) is 10.8 Å². The molecule has 26 heavy (non-hydrogen) atoms. The number of hydrogen-bond acceptors (Lipinski definition) is 5. The van der Waals surface area contributed by atoms with Crippen LogP contribution in [-0.2, 0) is 0 Å². The number of aliphatic hydroxyl groups excluding tert-OH is 1. The van der Waals surface area contributed by atoms with Gasteiger partial charge >= 0.3 is 0 Å². The van der Waals surface area contributed by atoms with Crippen molar-refractivity contribution < 1.29 is 19.4 Å². The first-order valence-corrected chi connectivity index (χ1v) is 8.16. The number of aliphatic hydroxyl groups is 1. The van der Waals surface area contributed by atoms with Crippen molar-refractivity contribution in [2.24, 2.45) is 0 Å². The molecule has 3 rings (SSSR count). The van der Waals surface area contributed by atoms with Gasteiger partial charge in [0.05, 0.1) is 14.2 Å². The average Bonchev–Trinajstić information content (AvgIpc) is 2.70. The Morgan fingerprint density at radius 1 is 1.15 bits per heavy atom. The number of carbonyl (C=O) groups excluding carboxylic acids is 1. The first-order chi connectivity index (χ1) is 12.6. The topological polar surface area (TPSA) is 80.7 Å². The van der Waals surface area contributed by atoms with Crippen molar-refractivity contribution >= 4 is 16.7 Å². The first kappa shape index (κ1) is 17.7. The fraction of sp³-hybridized carbons (Fsp3) is 0.200. The normalized spacial score (nSPS) is 11.8. The summed E-state index contributed by atoms with van der Waals surface area (Å²) in [4.78, 5) is 16.7. The Morgan fingerprint density at radius 3 is 2.73 bits per heavy atom. The van der Waals surface area contributed by atoms with Crippen molar-refractivity contribution in [3.63, 3.8) is 0 Å². The van der Waals surface area contributed by atoms with Crippen molar-refractivity contribution in [1.82, 2.24) is 10.3 Å². The van der Waals surface area contributed by atoms with E-state index in [2.05, 4.69) is 10.3 Å². The van der Waals surface area contributed by atoms with Crippen LogP contribution in [0.15, 0.2) is 54.7 Å². The summed E-state index contributed by atoms with van der Waals surface area (Å²) in [5.41, 5.74) is 0.867. The van der Waals surface area contributed by atoms with Crippen LogP contribution < -0.4 is 14.8 Å². The predicted molar refractivity (Wildman–Crippen MR) is 98.6 cm³/mol. The Labute approximate surface area is 151 Å². The maximum absolute atomic E-state index is 12.5. The van der Waals surface area contributed by atoms with Crippen LogP contribution in [0.3, 0.4) is 0 Å². The van der Waals surface area contributed by atoms with Gasteiger partial charge in [-0.25, -0.2) is 0 Å². The Morgan fingerprint density at radius 2 is 1.96 bits per heavy atom. The molecule has 1 unspecified atom stereocenters. The van der Waals surface area contributed by atoms with E-state index in [9.17, 15) is 9.90 Å². The molecule has 2 aromatic carbocycles. The predicted octanol–water partition coefficient (Wildman–Crippen LogP) is 2.72. The molecule has 6 nitrogen and oxygen atoms in total. The first-order valence-electron chi connectivity index (χ1n) is 8.16. The lowest BCUT2D eigenvalue weighted by molar-refractivity contribution is 0.0911. The van der Waals surface area contributed by atoms with Gasteiger partial charge in [0.15, 0.2) is 0 Å². The van der Waals surface area contributed by atoms with E-state index in [0.29, 0.717) is 22.8 Å². The Hall–Kier alpha value is -3.12. The molecule has 1 amide bonds. The molecule has 0 aliphatic heterocycles. The zero-order chi connectivity index (χ0) is 18.5. The summed E-state index contributed by atoms with van der Waals surface area (Å²) in [5.74, 6) is 0.778. The van der Waals surface area contributed by atoms with Crippen LogP contribution in [0.5, 0.6) is 11.5 Å². The fourth-order valence-corrected chi connectivity index (χ4v) is 2.78. The van der Waals surface area contributed by atoms with Crippen LogP contribution >= 0.6 is 0 Å². The van der Waals surface area contributed by atoms with Crippen molar-refractivity contribution in [3.05, 3.63) is 66.0 Å². The molecule has 134 valence electrons. The zero-order valence-electron chi connectivity index (χ0n) is 14.6. The number of carbonyl (C=O) groups is 1. The van der Waals surface area contributed by atoms with Crippen LogP contribution in [0.4, 0.5) is 0 Å². The molecule has 1 heterocycles. The van der Waals surface area contributed by atoms with Gasteiger partial charge in [0, 0.05) is 23.7 Å². The van der Waals surface area contributed by atoms with Crippen molar-refractivity contribution in [3.8, 4) is 11.5 Å². The third kappa shape index (κ3) is 3.60. The maximum Gasteiger partial charge on any atom is 0.270 e. The summed E-state index contributed by atoms with van der Waals surface area (Å²) in [7, 11) is 3.07. The quantitative estimate of drug-likeness (QED) is 0.713. The second-order valence-corrected chi connectivity index (χ2v) is 5.71. The van der Waals surface area contributed by atoms with E-state index in [1.54, 1.807) is 31.5 Å². The number of pyridine rings is 1. The Kier molecular flexibility index (Phi) is 5.34. The van der Waals surface area contributed by atoms with Crippen LogP contribution in [-0.4, -0.2) is 36.8 Å². The number of nitrogens with zero attached hydrogens (tertiary/aromatic N) is 1. The number of methoxy groups -OCH3 is 2. The molecular formula is C20H20N2O4.